The standard InChI is InChI=1S/C59H104O15/c1-13-15-16-17-18-19-20-21-22-23-50(61)70-52(46-28-31-56(12,71-46)59(67)40(7)34-55(11,74-59)49-29-30-54(10,64)48(14-2)69-49)58(66)39(6)32-37(4)47(73-58)35-57(65)38(5)25-27-45(72-57)41(8)44(60)33-43-26-24-36(3)51(68-43)42(9)53(62)63/h36-49,51-52,60,64-67H,13-35H2,1-12H3,(H,62,63)/t36-,37-,38-,39+,40+,41-,42+,43+,44+,45+,46-,47+,48-,49+,51-,52+,54+,55-,56-,57+,58+,59+/m0/s1. The molecule has 6 N–H and O–H groups in total. The van der Waals surface area contributed by atoms with Gasteiger partial charge in [-0.3, -0.25) is 9.59 Å². The first kappa shape index (κ1) is 61.7. The second-order valence-corrected chi connectivity index (χ2v) is 25.8. The largest absolute Gasteiger partial charge is 0.481 e. The average Bonchev–Trinajstić information content (AvgIpc) is 3.86. The number of aliphatic hydroxyl groups excluding tert-OH is 1. The number of aliphatic carboxylic acids is 1. The Labute approximate surface area is 445 Å². The zero-order valence-electron chi connectivity index (χ0n) is 47.9. The number of ether oxygens (including phenoxy) is 7. The lowest BCUT2D eigenvalue weighted by Crippen LogP contribution is -2.64. The number of rotatable bonds is 24. The van der Waals surface area contributed by atoms with Crippen molar-refractivity contribution >= 4 is 11.9 Å². The predicted octanol–water partition coefficient (Wildman–Crippen LogP) is 9.90. The van der Waals surface area contributed by atoms with Gasteiger partial charge in [0.1, 0.15) is 11.7 Å². The van der Waals surface area contributed by atoms with Crippen molar-refractivity contribution in [2.45, 2.75) is 320 Å². The first-order chi connectivity index (χ1) is 34.7. The van der Waals surface area contributed by atoms with Crippen molar-refractivity contribution in [2.75, 3.05) is 0 Å². The molecule has 6 fully saturated rings. The molecule has 22 atom stereocenters. The van der Waals surface area contributed by atoms with E-state index in [0.29, 0.717) is 77.0 Å². The van der Waals surface area contributed by atoms with Crippen LogP contribution < -0.4 is 0 Å². The Bertz CT molecular complexity index is 1800. The van der Waals surface area contributed by atoms with Crippen LogP contribution in [0.3, 0.4) is 0 Å². The molecule has 0 bridgehead atoms. The van der Waals surface area contributed by atoms with Gasteiger partial charge < -0.3 is 63.8 Å². The van der Waals surface area contributed by atoms with Gasteiger partial charge in [-0.2, -0.15) is 0 Å². The summed E-state index contributed by atoms with van der Waals surface area (Å²) in [6.07, 6.45) is 10.7. The molecule has 0 unspecified atom stereocenters. The van der Waals surface area contributed by atoms with Gasteiger partial charge in [0.05, 0.1) is 59.8 Å². The maximum Gasteiger partial charge on any atom is 0.308 e. The summed E-state index contributed by atoms with van der Waals surface area (Å²) in [5.74, 6) is -9.18. The second kappa shape index (κ2) is 25.3. The van der Waals surface area contributed by atoms with Crippen molar-refractivity contribution in [1.82, 2.24) is 0 Å². The lowest BCUT2D eigenvalue weighted by atomic mass is 9.76. The molecule has 6 aliphatic heterocycles. The molecule has 0 aromatic carbocycles. The summed E-state index contributed by atoms with van der Waals surface area (Å²) in [6, 6.07) is 0. The predicted molar refractivity (Wildman–Crippen MR) is 281 cm³/mol. The fourth-order valence-electron chi connectivity index (χ4n) is 14.2. The lowest BCUT2D eigenvalue weighted by Gasteiger charge is -2.52. The molecule has 0 aromatic rings. The van der Waals surface area contributed by atoms with Crippen molar-refractivity contribution in [3.63, 3.8) is 0 Å². The Kier molecular flexibility index (Phi) is 21.1. The van der Waals surface area contributed by atoms with Crippen LogP contribution in [0.25, 0.3) is 0 Å². The summed E-state index contributed by atoms with van der Waals surface area (Å²) >= 11 is 0. The SMILES string of the molecule is CCCCCCCCCCCC(=O)O[C@H]([C@@H]1CC[C@@](C)([C@]2(O)O[C@](C)([C@H]3CC[C@@](C)(O)[C@H](CC)O3)C[C@H]2C)O1)[C@]1(O)O[C@H](C[C@@]2(O)O[C@@H]([C@@H](C)[C@H](O)C[C@H]3CC[C@H](C)[C@@H]([C@@H](C)C(=O)O)O3)CC[C@@H]2C)[C@@H](C)C[C@H]1C. The number of aliphatic hydroxyl groups is 5. The van der Waals surface area contributed by atoms with E-state index in [2.05, 4.69) is 6.92 Å². The Balaban J connectivity index is 1.18. The third kappa shape index (κ3) is 13.7. The van der Waals surface area contributed by atoms with Crippen molar-refractivity contribution in [2.24, 2.45) is 41.4 Å². The van der Waals surface area contributed by atoms with Crippen LogP contribution in [0, 0.1) is 41.4 Å². The van der Waals surface area contributed by atoms with Gasteiger partial charge in [-0.1, -0.05) is 107 Å². The minimum atomic E-state index is -2.05. The number of unbranched alkanes of at least 4 members (excludes halogenated alkanes) is 8. The van der Waals surface area contributed by atoms with Gasteiger partial charge in [0.25, 0.3) is 0 Å². The number of carboxylic acid groups (broad SMARTS) is 1. The average molecular weight is 1050 g/mol. The molecule has 74 heavy (non-hydrogen) atoms. The molecule has 6 heterocycles. The third-order valence-electron chi connectivity index (χ3n) is 19.7. The maximum atomic E-state index is 14.1. The van der Waals surface area contributed by atoms with E-state index in [1.54, 1.807) is 6.92 Å². The van der Waals surface area contributed by atoms with Gasteiger partial charge in [0, 0.05) is 36.5 Å². The highest BCUT2D eigenvalue weighted by Crippen LogP contribution is 2.56. The van der Waals surface area contributed by atoms with Crippen LogP contribution >= 0.6 is 0 Å². The van der Waals surface area contributed by atoms with Crippen LogP contribution in [0.15, 0.2) is 0 Å². The topological polar surface area (TPSA) is 220 Å². The van der Waals surface area contributed by atoms with E-state index in [1.807, 2.05) is 69.2 Å². The van der Waals surface area contributed by atoms with Crippen molar-refractivity contribution < 1.29 is 73.4 Å². The summed E-state index contributed by atoms with van der Waals surface area (Å²) in [6.45, 7) is 23.2. The van der Waals surface area contributed by atoms with Gasteiger partial charge in [0.2, 0.25) is 5.79 Å². The molecular weight excluding hydrogens is 949 g/mol. The van der Waals surface area contributed by atoms with E-state index in [-0.39, 0.29) is 60.7 Å². The zero-order valence-corrected chi connectivity index (χ0v) is 47.9. The summed E-state index contributed by atoms with van der Waals surface area (Å²) in [5.41, 5.74) is -3.12. The molecule has 0 spiro atoms. The van der Waals surface area contributed by atoms with Crippen molar-refractivity contribution in [3.05, 3.63) is 0 Å². The summed E-state index contributed by atoms with van der Waals surface area (Å²) in [4.78, 5) is 25.9. The highest BCUT2D eigenvalue weighted by molar-refractivity contribution is 5.70. The van der Waals surface area contributed by atoms with E-state index < -0.39 is 94.6 Å². The number of hydrogen-bond acceptors (Lipinski definition) is 14. The number of hydrogen-bond donors (Lipinski definition) is 6. The number of carbonyl (C=O) groups excluding carboxylic acids is 1. The number of carboxylic acids is 1. The van der Waals surface area contributed by atoms with Crippen LogP contribution in [0.2, 0.25) is 0 Å². The molecule has 0 aromatic heterocycles. The van der Waals surface area contributed by atoms with E-state index in [9.17, 15) is 40.2 Å². The monoisotopic (exact) mass is 1050 g/mol. The zero-order chi connectivity index (χ0) is 54.6. The highest BCUT2D eigenvalue weighted by Gasteiger charge is 2.68. The molecule has 0 saturated carbocycles. The second-order valence-electron chi connectivity index (χ2n) is 25.8. The van der Waals surface area contributed by atoms with E-state index in [4.69, 9.17) is 33.2 Å². The van der Waals surface area contributed by atoms with E-state index in [0.717, 1.165) is 25.7 Å². The van der Waals surface area contributed by atoms with Gasteiger partial charge in [0.15, 0.2) is 17.7 Å². The van der Waals surface area contributed by atoms with Crippen LogP contribution in [0.1, 0.15) is 231 Å². The van der Waals surface area contributed by atoms with Crippen LogP contribution in [-0.4, -0.2) is 132 Å². The highest BCUT2D eigenvalue weighted by atomic mass is 16.7. The fourth-order valence-corrected chi connectivity index (χ4v) is 14.2. The van der Waals surface area contributed by atoms with E-state index >= 15 is 0 Å². The molecule has 0 amide bonds. The Morgan fingerprint density at radius 3 is 2.03 bits per heavy atom. The van der Waals surface area contributed by atoms with Gasteiger partial charge in [-0.15, -0.1) is 0 Å². The van der Waals surface area contributed by atoms with Gasteiger partial charge in [-0.05, 0) is 123 Å². The molecule has 430 valence electrons. The quantitative estimate of drug-likeness (QED) is 0.0391. The first-order valence-electron chi connectivity index (χ1n) is 29.7. The van der Waals surface area contributed by atoms with Gasteiger partial charge >= 0.3 is 11.9 Å². The summed E-state index contributed by atoms with van der Waals surface area (Å²) < 4.78 is 46.6. The van der Waals surface area contributed by atoms with Crippen molar-refractivity contribution in [1.29, 1.82) is 0 Å². The summed E-state index contributed by atoms with van der Waals surface area (Å²) in [5, 5.41) is 70.9. The van der Waals surface area contributed by atoms with Gasteiger partial charge in [-0.25, -0.2) is 0 Å². The van der Waals surface area contributed by atoms with E-state index in [1.165, 1.54) is 32.1 Å². The molecular formula is C59H104O15. The Morgan fingerprint density at radius 2 is 1.38 bits per heavy atom. The molecule has 0 aliphatic carbocycles. The number of esters is 1. The molecule has 15 heteroatoms. The third-order valence-corrected chi connectivity index (χ3v) is 19.7. The molecule has 6 aliphatic rings. The fraction of sp³-hybridized carbons (Fsp3) is 0.966. The minimum Gasteiger partial charge on any atom is -0.481 e. The number of carbonyl (C=O) groups is 2. The smallest absolute Gasteiger partial charge is 0.308 e. The van der Waals surface area contributed by atoms with Crippen LogP contribution in [0.5, 0.6) is 0 Å². The Hall–Kier alpha value is -1.50. The van der Waals surface area contributed by atoms with Crippen molar-refractivity contribution in [3.8, 4) is 0 Å². The molecule has 6 rings (SSSR count). The lowest BCUT2D eigenvalue weighted by molar-refractivity contribution is -0.374. The van der Waals surface area contributed by atoms with Crippen LogP contribution in [-0.2, 0) is 42.7 Å². The minimum absolute atomic E-state index is 0.0195. The molecule has 15 nitrogen and oxygen atoms in total. The Morgan fingerprint density at radius 1 is 0.716 bits per heavy atom. The molecule has 6 saturated heterocycles. The molecule has 0 radical (unpaired) electrons. The normalized spacial score (nSPS) is 44.7. The maximum absolute atomic E-state index is 14.1. The summed E-state index contributed by atoms with van der Waals surface area (Å²) in [7, 11) is 0. The van der Waals surface area contributed by atoms with Crippen LogP contribution in [0.4, 0.5) is 0 Å². The first-order valence-corrected chi connectivity index (χ1v) is 29.7.